The Morgan fingerprint density at radius 1 is 1.12 bits per heavy atom. The molecule has 1 heterocycles. The molecule has 4 nitrogen and oxygen atoms in total. The second kappa shape index (κ2) is 8.32. The van der Waals surface area contributed by atoms with Gasteiger partial charge >= 0.3 is 0 Å². The van der Waals surface area contributed by atoms with E-state index in [-0.39, 0.29) is 17.7 Å². The second-order valence-corrected chi connectivity index (χ2v) is 7.48. The Balaban J connectivity index is 1.91. The Morgan fingerprint density at radius 2 is 1.75 bits per heavy atom. The minimum absolute atomic E-state index is 0.00619. The highest BCUT2D eigenvalue weighted by Gasteiger charge is 2.27. The van der Waals surface area contributed by atoms with Crippen LogP contribution in [0, 0.1) is 11.8 Å². The van der Waals surface area contributed by atoms with Crippen molar-refractivity contribution in [2.45, 2.75) is 52.9 Å². The Hall–Kier alpha value is -1.84. The molecule has 1 aliphatic heterocycles. The van der Waals surface area contributed by atoms with Crippen molar-refractivity contribution in [3.63, 3.8) is 0 Å². The first-order valence-electron chi connectivity index (χ1n) is 9.06. The number of carbonyl (C=O) groups is 2. The van der Waals surface area contributed by atoms with Crippen molar-refractivity contribution in [1.82, 2.24) is 4.90 Å². The molecule has 1 fully saturated rings. The second-order valence-electron chi connectivity index (χ2n) is 7.48. The first-order valence-corrected chi connectivity index (χ1v) is 9.06. The Morgan fingerprint density at radius 3 is 2.33 bits per heavy atom. The van der Waals surface area contributed by atoms with Crippen LogP contribution in [0.15, 0.2) is 24.3 Å². The predicted molar refractivity (Wildman–Crippen MR) is 97.9 cm³/mol. The zero-order valence-corrected chi connectivity index (χ0v) is 15.3. The largest absolute Gasteiger partial charge is 0.343 e. The monoisotopic (exact) mass is 330 g/mol. The summed E-state index contributed by atoms with van der Waals surface area (Å²) in [5.74, 6) is 1.05. The number of rotatable bonds is 5. The highest BCUT2D eigenvalue weighted by molar-refractivity contribution is 5.93. The van der Waals surface area contributed by atoms with Crippen LogP contribution in [0.3, 0.4) is 0 Å². The fraction of sp³-hybridized carbons (Fsp3) is 0.600. The lowest BCUT2D eigenvalue weighted by Crippen LogP contribution is -2.41. The third kappa shape index (κ3) is 4.83. The van der Waals surface area contributed by atoms with Crippen LogP contribution in [0.4, 0.5) is 5.69 Å². The van der Waals surface area contributed by atoms with Gasteiger partial charge in [0.15, 0.2) is 0 Å². The minimum Gasteiger partial charge on any atom is -0.343 e. The van der Waals surface area contributed by atoms with E-state index >= 15 is 0 Å². The molecule has 1 aromatic rings. The third-order valence-corrected chi connectivity index (χ3v) is 4.64. The van der Waals surface area contributed by atoms with E-state index in [0.29, 0.717) is 31.3 Å². The Labute approximate surface area is 145 Å². The van der Waals surface area contributed by atoms with Gasteiger partial charge in [-0.25, -0.2) is 0 Å². The van der Waals surface area contributed by atoms with Crippen molar-refractivity contribution < 1.29 is 9.59 Å². The summed E-state index contributed by atoms with van der Waals surface area (Å²) in [5.41, 5.74) is 2.08. The number of likely N-dealkylation sites (tertiary alicyclic amines) is 1. The van der Waals surface area contributed by atoms with Crippen LogP contribution in [0.2, 0.25) is 0 Å². The first kappa shape index (κ1) is 18.5. The third-order valence-electron chi connectivity index (χ3n) is 4.64. The summed E-state index contributed by atoms with van der Waals surface area (Å²) in [7, 11) is 0. The summed E-state index contributed by atoms with van der Waals surface area (Å²) in [5, 5.41) is 3.10. The number of nitrogens with zero attached hydrogens (tertiary/aromatic N) is 1. The van der Waals surface area contributed by atoms with E-state index in [0.717, 1.165) is 24.1 Å². The summed E-state index contributed by atoms with van der Waals surface area (Å²) in [6.45, 7) is 9.76. The predicted octanol–water partition coefficient (Wildman–Crippen LogP) is 4.03. The lowest BCUT2D eigenvalue weighted by molar-refractivity contribution is -0.135. The number of benzene rings is 1. The number of amides is 2. The number of para-hydroxylation sites is 1. The molecule has 0 radical (unpaired) electrons. The van der Waals surface area contributed by atoms with E-state index in [2.05, 4.69) is 39.1 Å². The van der Waals surface area contributed by atoms with Crippen LogP contribution < -0.4 is 5.32 Å². The molecule has 1 saturated heterocycles. The fourth-order valence-electron chi connectivity index (χ4n) is 3.22. The molecule has 0 unspecified atom stereocenters. The lowest BCUT2D eigenvalue weighted by Gasteiger charge is -2.32. The molecule has 1 aromatic carbocycles. The summed E-state index contributed by atoms with van der Waals surface area (Å²) in [6, 6.07) is 7.99. The quantitative estimate of drug-likeness (QED) is 0.886. The molecular formula is C20H30N2O2. The van der Waals surface area contributed by atoms with E-state index in [4.69, 9.17) is 0 Å². The lowest BCUT2D eigenvalue weighted by atomic mass is 9.94. The summed E-state index contributed by atoms with van der Waals surface area (Å²) < 4.78 is 0. The molecule has 0 saturated carbocycles. The molecule has 4 heteroatoms. The average molecular weight is 330 g/mol. The van der Waals surface area contributed by atoms with Crippen LogP contribution in [0.5, 0.6) is 0 Å². The zero-order chi connectivity index (χ0) is 17.7. The van der Waals surface area contributed by atoms with Gasteiger partial charge in [-0.1, -0.05) is 45.9 Å². The van der Waals surface area contributed by atoms with Crippen molar-refractivity contribution in [3.05, 3.63) is 29.8 Å². The minimum atomic E-state index is -0.00619. The van der Waals surface area contributed by atoms with Crippen LogP contribution >= 0.6 is 0 Å². The van der Waals surface area contributed by atoms with Crippen LogP contribution in [0.25, 0.3) is 0 Å². The van der Waals surface area contributed by atoms with Crippen molar-refractivity contribution in [2.75, 3.05) is 18.4 Å². The van der Waals surface area contributed by atoms with Crippen LogP contribution in [-0.4, -0.2) is 29.8 Å². The molecule has 0 bridgehead atoms. The smallest absolute Gasteiger partial charge is 0.227 e. The summed E-state index contributed by atoms with van der Waals surface area (Å²) >= 11 is 0. The van der Waals surface area contributed by atoms with Gasteiger partial charge < -0.3 is 10.2 Å². The Kier molecular flexibility index (Phi) is 6.41. The maximum absolute atomic E-state index is 12.6. The van der Waals surface area contributed by atoms with Gasteiger partial charge in [-0.3, -0.25) is 9.59 Å². The first-order chi connectivity index (χ1) is 11.4. The number of hydrogen-bond acceptors (Lipinski definition) is 2. The molecule has 0 aromatic heterocycles. The highest BCUT2D eigenvalue weighted by atomic mass is 16.2. The van der Waals surface area contributed by atoms with Crippen molar-refractivity contribution >= 4 is 17.5 Å². The Bertz CT molecular complexity index is 573. The van der Waals surface area contributed by atoms with Crippen molar-refractivity contribution in [1.29, 1.82) is 0 Å². The van der Waals surface area contributed by atoms with E-state index in [1.54, 1.807) is 0 Å². The maximum Gasteiger partial charge on any atom is 0.227 e. The molecule has 1 N–H and O–H groups in total. The molecule has 0 atom stereocenters. The van der Waals surface area contributed by atoms with Gasteiger partial charge in [0.25, 0.3) is 0 Å². The molecule has 2 rings (SSSR count). The highest BCUT2D eigenvalue weighted by Crippen LogP contribution is 2.26. The molecular weight excluding hydrogens is 300 g/mol. The van der Waals surface area contributed by atoms with E-state index < -0.39 is 0 Å². The van der Waals surface area contributed by atoms with Gasteiger partial charge in [-0.05, 0) is 36.3 Å². The van der Waals surface area contributed by atoms with Crippen LogP contribution in [0.1, 0.15) is 58.4 Å². The van der Waals surface area contributed by atoms with Gasteiger partial charge in [-0.15, -0.1) is 0 Å². The van der Waals surface area contributed by atoms with Gasteiger partial charge in [-0.2, -0.15) is 0 Å². The van der Waals surface area contributed by atoms with E-state index in [1.165, 1.54) is 0 Å². The molecule has 132 valence electrons. The summed E-state index contributed by atoms with van der Waals surface area (Å²) in [6.07, 6.45) is 2.09. The normalized spacial score (nSPS) is 15.8. The number of piperidine rings is 1. The standard InChI is InChI=1S/C20H30N2O2/c1-14(2)13-19(23)22-11-9-16(10-12-22)20(24)21-18-8-6-5-7-17(18)15(3)4/h5-8,14-16H,9-13H2,1-4H3,(H,21,24). The van der Waals surface area contributed by atoms with E-state index in [9.17, 15) is 9.59 Å². The van der Waals surface area contributed by atoms with Gasteiger partial charge in [0.2, 0.25) is 11.8 Å². The molecule has 0 spiro atoms. The molecule has 0 aliphatic carbocycles. The SMILES string of the molecule is CC(C)CC(=O)N1CCC(C(=O)Nc2ccccc2C(C)C)CC1. The number of nitrogens with one attached hydrogen (secondary N) is 1. The van der Waals surface area contributed by atoms with E-state index in [1.807, 2.05) is 23.1 Å². The van der Waals surface area contributed by atoms with Crippen LogP contribution in [-0.2, 0) is 9.59 Å². The number of carbonyl (C=O) groups excluding carboxylic acids is 2. The molecule has 24 heavy (non-hydrogen) atoms. The van der Waals surface area contributed by atoms with Crippen molar-refractivity contribution in [3.8, 4) is 0 Å². The maximum atomic E-state index is 12.6. The number of anilines is 1. The molecule has 1 aliphatic rings. The van der Waals surface area contributed by atoms with Gasteiger partial charge in [0, 0.05) is 31.1 Å². The zero-order valence-electron chi connectivity index (χ0n) is 15.3. The molecule has 2 amide bonds. The fourth-order valence-corrected chi connectivity index (χ4v) is 3.22. The van der Waals surface area contributed by atoms with Gasteiger partial charge in [0.1, 0.15) is 0 Å². The average Bonchev–Trinajstić information content (AvgIpc) is 2.54. The number of hydrogen-bond donors (Lipinski definition) is 1. The van der Waals surface area contributed by atoms with Crippen molar-refractivity contribution in [2.24, 2.45) is 11.8 Å². The topological polar surface area (TPSA) is 49.4 Å². The summed E-state index contributed by atoms with van der Waals surface area (Å²) in [4.78, 5) is 26.6. The van der Waals surface area contributed by atoms with Gasteiger partial charge in [0.05, 0.1) is 0 Å².